The molecular formula is C18H22N4O. The Hall–Kier alpha value is -2.43. The molecule has 1 aromatic carbocycles. The van der Waals surface area contributed by atoms with Crippen molar-refractivity contribution in [1.82, 2.24) is 10.1 Å². The number of rotatable bonds is 5. The van der Waals surface area contributed by atoms with Crippen LogP contribution in [0.3, 0.4) is 0 Å². The molecule has 0 spiro atoms. The van der Waals surface area contributed by atoms with Crippen molar-refractivity contribution in [2.75, 3.05) is 0 Å². The predicted molar refractivity (Wildman–Crippen MR) is 89.4 cm³/mol. The van der Waals surface area contributed by atoms with E-state index in [4.69, 9.17) is 15.7 Å². The molecule has 0 radical (unpaired) electrons. The van der Waals surface area contributed by atoms with Gasteiger partial charge in [-0.3, -0.25) is 5.41 Å². The molecule has 1 aromatic heterocycles. The van der Waals surface area contributed by atoms with Crippen molar-refractivity contribution in [2.45, 2.75) is 39.0 Å². The first-order valence-corrected chi connectivity index (χ1v) is 7.90. The maximum absolute atomic E-state index is 8.09. The highest BCUT2D eigenvalue weighted by molar-refractivity contribution is 6.03. The minimum atomic E-state index is -0.152. The van der Waals surface area contributed by atoms with Gasteiger partial charge < -0.3 is 10.3 Å². The molecule has 1 fully saturated rings. The van der Waals surface area contributed by atoms with Crippen molar-refractivity contribution < 1.29 is 4.52 Å². The molecule has 1 saturated carbocycles. The Morgan fingerprint density at radius 1 is 1.35 bits per heavy atom. The minimum Gasteiger partial charge on any atom is -0.402 e. The third-order valence-electron chi connectivity index (χ3n) is 4.47. The van der Waals surface area contributed by atoms with Crippen LogP contribution in [0.5, 0.6) is 0 Å². The molecule has 120 valence electrons. The number of nitrogens with zero attached hydrogens (tertiary/aromatic N) is 2. The van der Waals surface area contributed by atoms with Gasteiger partial charge in [-0.1, -0.05) is 43.3 Å². The lowest BCUT2D eigenvalue weighted by atomic mass is 9.91. The van der Waals surface area contributed by atoms with E-state index in [1.165, 1.54) is 11.1 Å². The van der Waals surface area contributed by atoms with Crippen LogP contribution in [0.2, 0.25) is 0 Å². The fourth-order valence-corrected chi connectivity index (χ4v) is 2.77. The monoisotopic (exact) mass is 310 g/mol. The first kappa shape index (κ1) is 15.5. The molecule has 3 N–H and O–H groups in total. The van der Waals surface area contributed by atoms with Gasteiger partial charge in [0.2, 0.25) is 0 Å². The third kappa shape index (κ3) is 2.79. The fraction of sp³-hybridized carbons (Fsp3) is 0.389. The van der Waals surface area contributed by atoms with Crippen molar-refractivity contribution in [1.29, 1.82) is 5.41 Å². The summed E-state index contributed by atoms with van der Waals surface area (Å²) in [6.07, 6.45) is 3.61. The molecule has 3 rings (SSSR count). The van der Waals surface area contributed by atoms with E-state index in [1.54, 1.807) is 6.08 Å². The molecule has 5 nitrogen and oxygen atoms in total. The molecule has 1 aliphatic carbocycles. The maximum atomic E-state index is 8.09. The largest absolute Gasteiger partial charge is 0.402 e. The number of allylic oxidation sites excluding steroid dienone is 2. The first-order valence-electron chi connectivity index (χ1n) is 7.90. The summed E-state index contributed by atoms with van der Waals surface area (Å²) in [5.41, 5.74) is 9.02. The van der Waals surface area contributed by atoms with Crippen molar-refractivity contribution in [3.8, 4) is 0 Å². The van der Waals surface area contributed by atoms with E-state index in [2.05, 4.69) is 29.2 Å². The second-order valence-corrected chi connectivity index (χ2v) is 6.53. The van der Waals surface area contributed by atoms with Gasteiger partial charge in [0.15, 0.2) is 5.82 Å². The Labute approximate surface area is 136 Å². The summed E-state index contributed by atoms with van der Waals surface area (Å²) in [6, 6.07) is 8.30. The lowest BCUT2D eigenvalue weighted by Crippen LogP contribution is -2.13. The number of hydrogen-bond acceptors (Lipinski definition) is 5. The van der Waals surface area contributed by atoms with Crippen LogP contribution in [0.15, 0.2) is 40.6 Å². The Morgan fingerprint density at radius 3 is 2.65 bits per heavy atom. The summed E-state index contributed by atoms with van der Waals surface area (Å²) in [6.45, 7) is 6.07. The second-order valence-electron chi connectivity index (χ2n) is 6.53. The number of nitrogens with one attached hydrogen (secondary N) is 1. The summed E-state index contributed by atoms with van der Waals surface area (Å²) < 4.78 is 5.31. The molecule has 23 heavy (non-hydrogen) atoms. The zero-order valence-electron chi connectivity index (χ0n) is 13.8. The molecule has 0 unspecified atom stereocenters. The fourth-order valence-electron chi connectivity index (χ4n) is 2.77. The van der Waals surface area contributed by atoms with Crippen LogP contribution >= 0.6 is 0 Å². The van der Waals surface area contributed by atoms with Crippen molar-refractivity contribution in [3.05, 3.63) is 58.9 Å². The first-order chi connectivity index (χ1) is 10.9. The standard InChI is InChI=1S/C18H22N4O/c1-11(2)14(19)10-15(20)16-21-17(22-23-16)18(8-9-18)13-7-5-4-6-12(13)3/h4-7,10-11,20H,8-9,19H2,1-3H3/b14-10-,20-15?. The van der Waals surface area contributed by atoms with E-state index < -0.39 is 0 Å². The summed E-state index contributed by atoms with van der Waals surface area (Å²) >= 11 is 0. The van der Waals surface area contributed by atoms with Crippen LogP contribution in [0.25, 0.3) is 0 Å². The molecule has 0 aliphatic heterocycles. The molecular weight excluding hydrogens is 288 g/mol. The van der Waals surface area contributed by atoms with Crippen LogP contribution in [0.4, 0.5) is 0 Å². The average Bonchev–Trinajstić information content (AvgIpc) is 3.16. The van der Waals surface area contributed by atoms with Gasteiger partial charge in [0.1, 0.15) is 5.71 Å². The van der Waals surface area contributed by atoms with E-state index in [9.17, 15) is 0 Å². The van der Waals surface area contributed by atoms with E-state index in [1.807, 2.05) is 26.0 Å². The van der Waals surface area contributed by atoms with E-state index in [0.717, 1.165) is 12.8 Å². The third-order valence-corrected chi connectivity index (χ3v) is 4.47. The van der Waals surface area contributed by atoms with Crippen LogP contribution in [0.1, 0.15) is 49.5 Å². The van der Waals surface area contributed by atoms with Crippen LogP contribution in [-0.2, 0) is 5.41 Å². The zero-order valence-corrected chi connectivity index (χ0v) is 13.8. The average molecular weight is 310 g/mol. The molecule has 0 bridgehead atoms. The molecule has 0 atom stereocenters. The topological polar surface area (TPSA) is 88.8 Å². The molecule has 1 heterocycles. The molecule has 2 aromatic rings. The summed E-state index contributed by atoms with van der Waals surface area (Å²) in [5, 5.41) is 12.2. The number of aromatic nitrogens is 2. The van der Waals surface area contributed by atoms with Gasteiger partial charge in [0.25, 0.3) is 5.89 Å². The van der Waals surface area contributed by atoms with Gasteiger partial charge in [-0.05, 0) is 42.9 Å². The Kier molecular flexibility index (Phi) is 3.80. The molecule has 0 amide bonds. The number of benzene rings is 1. The summed E-state index contributed by atoms with van der Waals surface area (Å²) in [4.78, 5) is 4.47. The number of hydrogen-bond donors (Lipinski definition) is 2. The summed E-state index contributed by atoms with van der Waals surface area (Å²) in [5.74, 6) is 1.08. The van der Waals surface area contributed by atoms with Gasteiger partial charge in [-0.15, -0.1) is 0 Å². The predicted octanol–water partition coefficient (Wildman–Crippen LogP) is 3.32. The van der Waals surface area contributed by atoms with E-state index in [-0.39, 0.29) is 22.9 Å². The SMILES string of the molecule is Cc1ccccc1C1(c2noc(C(=N)/C=C(\N)C(C)C)n2)CC1. The smallest absolute Gasteiger partial charge is 0.275 e. The lowest BCUT2D eigenvalue weighted by molar-refractivity contribution is 0.400. The second kappa shape index (κ2) is 5.65. The molecule has 0 saturated heterocycles. The highest BCUT2D eigenvalue weighted by atomic mass is 16.5. The lowest BCUT2D eigenvalue weighted by Gasteiger charge is -2.13. The normalized spacial score (nSPS) is 16.6. The van der Waals surface area contributed by atoms with Crippen molar-refractivity contribution >= 4 is 5.71 Å². The minimum absolute atomic E-state index is 0.152. The number of nitrogens with two attached hydrogens (primary N) is 1. The van der Waals surface area contributed by atoms with Crippen molar-refractivity contribution in [2.24, 2.45) is 11.7 Å². The van der Waals surface area contributed by atoms with Gasteiger partial charge in [0, 0.05) is 5.70 Å². The number of aryl methyl sites for hydroxylation is 1. The van der Waals surface area contributed by atoms with E-state index >= 15 is 0 Å². The van der Waals surface area contributed by atoms with E-state index in [0.29, 0.717) is 11.5 Å². The maximum Gasteiger partial charge on any atom is 0.275 e. The van der Waals surface area contributed by atoms with Crippen molar-refractivity contribution in [3.63, 3.8) is 0 Å². The Bertz CT molecular complexity index is 769. The Balaban J connectivity index is 1.90. The Morgan fingerprint density at radius 2 is 2.04 bits per heavy atom. The van der Waals surface area contributed by atoms with Gasteiger partial charge in [-0.2, -0.15) is 4.98 Å². The van der Waals surface area contributed by atoms with Gasteiger partial charge in [-0.25, -0.2) is 0 Å². The quantitative estimate of drug-likeness (QED) is 0.829. The molecule has 5 heteroatoms. The molecule has 1 aliphatic rings. The van der Waals surface area contributed by atoms with Crippen LogP contribution in [0, 0.1) is 18.3 Å². The van der Waals surface area contributed by atoms with Crippen LogP contribution in [-0.4, -0.2) is 15.9 Å². The highest BCUT2D eigenvalue weighted by Crippen LogP contribution is 2.53. The zero-order chi connectivity index (χ0) is 16.6. The summed E-state index contributed by atoms with van der Waals surface area (Å²) in [7, 11) is 0. The highest BCUT2D eigenvalue weighted by Gasteiger charge is 2.50. The van der Waals surface area contributed by atoms with Gasteiger partial charge in [0.05, 0.1) is 5.41 Å². The van der Waals surface area contributed by atoms with Gasteiger partial charge >= 0.3 is 0 Å². The van der Waals surface area contributed by atoms with Crippen LogP contribution < -0.4 is 5.73 Å².